The molecule has 0 bridgehead atoms. The van der Waals surface area contributed by atoms with Crippen molar-refractivity contribution in [2.75, 3.05) is 6.54 Å². The second-order valence-electron chi connectivity index (χ2n) is 6.34. The van der Waals surface area contributed by atoms with Crippen LogP contribution < -0.4 is 5.73 Å². The molecule has 1 fully saturated rings. The number of nitrogens with two attached hydrogens (primary N) is 1. The summed E-state index contributed by atoms with van der Waals surface area (Å²) >= 11 is 0. The maximum Gasteiger partial charge on any atom is 0.233 e. The number of nitrogens with zero attached hydrogens (tertiary/aromatic N) is 2. The number of aromatic nitrogens is 2. The van der Waals surface area contributed by atoms with Crippen molar-refractivity contribution >= 4 is 0 Å². The predicted octanol–water partition coefficient (Wildman–Crippen LogP) is 3.17. The van der Waals surface area contributed by atoms with Crippen LogP contribution in [-0.2, 0) is 10.8 Å². The van der Waals surface area contributed by atoms with Gasteiger partial charge in [-0.25, -0.2) is 0 Å². The van der Waals surface area contributed by atoms with Crippen LogP contribution in [0.3, 0.4) is 0 Å². The van der Waals surface area contributed by atoms with E-state index in [1.54, 1.807) is 0 Å². The maximum absolute atomic E-state index is 5.90. The number of benzene rings is 1. The normalized spacial score (nSPS) is 19.8. The fraction of sp³-hybridized carbons (Fsp3) is 0.529. The molecule has 4 nitrogen and oxygen atoms in total. The minimum atomic E-state index is -0.229. The summed E-state index contributed by atoms with van der Waals surface area (Å²) in [5, 5.41) is 4.31. The van der Waals surface area contributed by atoms with E-state index in [0.717, 1.165) is 25.1 Å². The lowest BCUT2D eigenvalue weighted by Gasteiger charge is -2.39. The van der Waals surface area contributed by atoms with E-state index >= 15 is 0 Å². The van der Waals surface area contributed by atoms with Crippen LogP contribution >= 0.6 is 0 Å². The van der Waals surface area contributed by atoms with Crippen molar-refractivity contribution < 1.29 is 4.52 Å². The van der Waals surface area contributed by atoms with Crippen molar-refractivity contribution in [2.45, 2.75) is 50.4 Å². The average molecular weight is 285 g/mol. The van der Waals surface area contributed by atoms with E-state index in [-0.39, 0.29) is 10.8 Å². The number of hydrogen-bond donors (Lipinski definition) is 1. The van der Waals surface area contributed by atoms with E-state index in [2.05, 4.69) is 43.3 Å². The Kier molecular flexibility index (Phi) is 3.57. The first-order valence-electron chi connectivity index (χ1n) is 7.75. The van der Waals surface area contributed by atoms with Crippen molar-refractivity contribution in [3.63, 3.8) is 0 Å². The summed E-state index contributed by atoms with van der Waals surface area (Å²) in [5.41, 5.74) is 6.89. The third kappa shape index (κ3) is 2.18. The first kappa shape index (κ1) is 14.3. The Morgan fingerprint density at radius 2 is 2.00 bits per heavy atom. The van der Waals surface area contributed by atoms with Gasteiger partial charge in [0.15, 0.2) is 5.82 Å². The van der Waals surface area contributed by atoms with Gasteiger partial charge in [-0.15, -0.1) is 0 Å². The van der Waals surface area contributed by atoms with Gasteiger partial charge in [-0.3, -0.25) is 0 Å². The van der Waals surface area contributed by atoms with Crippen LogP contribution in [0.1, 0.15) is 56.8 Å². The van der Waals surface area contributed by atoms with E-state index in [9.17, 15) is 0 Å². The average Bonchev–Trinajstić information content (AvgIpc) is 2.97. The second kappa shape index (κ2) is 5.26. The van der Waals surface area contributed by atoms with Crippen molar-refractivity contribution in [3.8, 4) is 0 Å². The molecule has 1 aliphatic carbocycles. The van der Waals surface area contributed by atoms with Gasteiger partial charge < -0.3 is 10.3 Å². The highest BCUT2D eigenvalue weighted by molar-refractivity contribution is 5.35. The van der Waals surface area contributed by atoms with E-state index in [0.29, 0.717) is 12.4 Å². The molecule has 1 aromatic carbocycles. The minimum absolute atomic E-state index is 0.0632. The van der Waals surface area contributed by atoms with Gasteiger partial charge in [-0.2, -0.15) is 4.98 Å². The second-order valence-corrected chi connectivity index (χ2v) is 6.34. The van der Waals surface area contributed by atoms with Gasteiger partial charge in [0.05, 0.1) is 10.8 Å². The van der Waals surface area contributed by atoms with Crippen LogP contribution in [0.15, 0.2) is 34.9 Å². The highest BCUT2D eigenvalue weighted by atomic mass is 16.5. The Labute approximate surface area is 125 Å². The van der Waals surface area contributed by atoms with E-state index in [1.165, 1.54) is 12.0 Å². The lowest BCUT2D eigenvalue weighted by Crippen LogP contribution is -2.37. The fourth-order valence-electron chi connectivity index (χ4n) is 2.97. The molecule has 1 aliphatic rings. The van der Waals surface area contributed by atoms with Gasteiger partial charge in [0.2, 0.25) is 5.89 Å². The largest absolute Gasteiger partial charge is 0.339 e. The Morgan fingerprint density at radius 3 is 2.52 bits per heavy atom. The monoisotopic (exact) mass is 285 g/mol. The third-order valence-corrected chi connectivity index (χ3v) is 5.13. The van der Waals surface area contributed by atoms with Gasteiger partial charge in [0, 0.05) is 6.54 Å². The van der Waals surface area contributed by atoms with Crippen LogP contribution in [0.25, 0.3) is 0 Å². The molecular formula is C17H23N3O. The Morgan fingerprint density at radius 1 is 1.29 bits per heavy atom. The van der Waals surface area contributed by atoms with Gasteiger partial charge >= 0.3 is 0 Å². The van der Waals surface area contributed by atoms with Crippen LogP contribution in [0.5, 0.6) is 0 Å². The molecule has 0 radical (unpaired) electrons. The molecule has 1 heterocycles. The molecule has 0 saturated heterocycles. The van der Waals surface area contributed by atoms with Crippen molar-refractivity contribution in [1.29, 1.82) is 0 Å². The molecule has 0 spiro atoms. The fourth-order valence-corrected chi connectivity index (χ4v) is 2.97. The van der Waals surface area contributed by atoms with Gasteiger partial charge in [-0.1, -0.05) is 48.8 Å². The van der Waals surface area contributed by atoms with Crippen molar-refractivity contribution in [3.05, 3.63) is 47.6 Å². The van der Waals surface area contributed by atoms with Crippen LogP contribution in [0, 0.1) is 0 Å². The van der Waals surface area contributed by atoms with Crippen LogP contribution in [0.2, 0.25) is 0 Å². The first-order chi connectivity index (χ1) is 10.1. The van der Waals surface area contributed by atoms with Crippen LogP contribution in [0.4, 0.5) is 0 Å². The minimum Gasteiger partial charge on any atom is -0.339 e. The predicted molar refractivity (Wildman–Crippen MR) is 82.1 cm³/mol. The summed E-state index contributed by atoms with van der Waals surface area (Å²) in [5.74, 6) is 1.49. The molecule has 112 valence electrons. The lowest BCUT2D eigenvalue weighted by atomic mass is 9.64. The molecular weight excluding hydrogens is 262 g/mol. The molecule has 0 amide bonds. The zero-order valence-electron chi connectivity index (χ0n) is 12.8. The maximum atomic E-state index is 5.90. The third-order valence-electron chi connectivity index (χ3n) is 5.13. The smallest absolute Gasteiger partial charge is 0.233 e. The van der Waals surface area contributed by atoms with Gasteiger partial charge in [-0.05, 0) is 31.7 Å². The highest BCUT2D eigenvalue weighted by Crippen LogP contribution is 2.48. The molecule has 4 heteroatoms. The molecule has 1 saturated carbocycles. The van der Waals surface area contributed by atoms with E-state index < -0.39 is 0 Å². The van der Waals surface area contributed by atoms with E-state index in [4.69, 9.17) is 15.2 Å². The van der Waals surface area contributed by atoms with E-state index in [1.807, 2.05) is 6.07 Å². The number of rotatable bonds is 5. The summed E-state index contributed by atoms with van der Waals surface area (Å²) in [6, 6.07) is 10.5. The SMILES string of the molecule is CCC(C)(CN)c1nc(C2(c3ccccc3)CCC2)no1. The zero-order chi connectivity index (χ0) is 14.9. The van der Waals surface area contributed by atoms with Gasteiger partial charge in [0.25, 0.3) is 0 Å². The molecule has 1 unspecified atom stereocenters. The molecule has 3 rings (SSSR count). The van der Waals surface area contributed by atoms with Crippen LogP contribution in [-0.4, -0.2) is 16.7 Å². The summed E-state index contributed by atoms with van der Waals surface area (Å²) in [4.78, 5) is 4.74. The molecule has 0 aliphatic heterocycles. The summed E-state index contributed by atoms with van der Waals surface area (Å²) in [6.07, 6.45) is 4.27. The first-order valence-corrected chi connectivity index (χ1v) is 7.75. The standard InChI is InChI=1S/C17H23N3O/c1-3-16(2,12-18)15-19-14(20-21-15)17(10-7-11-17)13-8-5-4-6-9-13/h4-6,8-9H,3,7,10-12,18H2,1-2H3. The Balaban J connectivity index is 1.99. The highest BCUT2D eigenvalue weighted by Gasteiger charge is 2.45. The van der Waals surface area contributed by atoms with Crippen molar-refractivity contribution in [2.24, 2.45) is 5.73 Å². The number of hydrogen-bond acceptors (Lipinski definition) is 4. The molecule has 2 N–H and O–H groups in total. The quantitative estimate of drug-likeness (QED) is 0.916. The topological polar surface area (TPSA) is 64.9 Å². The summed E-state index contributed by atoms with van der Waals surface area (Å²) in [6.45, 7) is 4.71. The molecule has 1 aromatic heterocycles. The zero-order valence-corrected chi connectivity index (χ0v) is 12.8. The Bertz CT molecular complexity index is 598. The molecule has 2 aromatic rings. The summed E-state index contributed by atoms with van der Waals surface area (Å²) < 4.78 is 5.57. The van der Waals surface area contributed by atoms with Crippen molar-refractivity contribution in [1.82, 2.24) is 10.1 Å². The summed E-state index contributed by atoms with van der Waals surface area (Å²) in [7, 11) is 0. The molecule has 21 heavy (non-hydrogen) atoms. The van der Waals surface area contributed by atoms with Gasteiger partial charge in [0.1, 0.15) is 0 Å². The molecule has 1 atom stereocenters. The lowest BCUT2D eigenvalue weighted by molar-refractivity contribution is 0.261. The Hall–Kier alpha value is -1.68.